The fraction of sp³-hybridized carbons (Fsp3) is 0.367. The number of rotatable bonds is 8. The van der Waals surface area contributed by atoms with E-state index in [-0.39, 0.29) is 23.1 Å². The van der Waals surface area contributed by atoms with Crippen LogP contribution in [0.1, 0.15) is 55.5 Å². The number of nitrogens with zero attached hydrogens (tertiary/aromatic N) is 6. The van der Waals surface area contributed by atoms with Crippen LogP contribution in [0.15, 0.2) is 60.6 Å². The number of nitrogens with two attached hydrogens (primary N) is 1. The van der Waals surface area contributed by atoms with Crippen LogP contribution in [0, 0.1) is 22.6 Å². The molecule has 1 amide bonds. The van der Waals surface area contributed by atoms with Gasteiger partial charge in [-0.3, -0.25) is 14.8 Å². The van der Waals surface area contributed by atoms with E-state index >= 15 is 0 Å². The first-order valence-corrected chi connectivity index (χ1v) is 13.5. The van der Waals surface area contributed by atoms with E-state index < -0.39 is 18.5 Å². The lowest BCUT2D eigenvalue weighted by Gasteiger charge is -2.51. The minimum absolute atomic E-state index is 0.0130. The lowest BCUT2D eigenvalue weighted by atomic mass is 9.60. The van der Waals surface area contributed by atoms with E-state index in [0.29, 0.717) is 27.9 Å². The maximum atomic E-state index is 13.4. The van der Waals surface area contributed by atoms with E-state index in [2.05, 4.69) is 22.7 Å². The van der Waals surface area contributed by atoms with Gasteiger partial charge in [-0.15, -0.1) is 0 Å². The van der Waals surface area contributed by atoms with Crippen molar-refractivity contribution in [3.8, 4) is 11.8 Å². The number of fused-ring (bicyclic) bond motifs is 1. The second kappa shape index (κ2) is 11.5. The number of aliphatic hydroxyl groups excluding tert-OH is 1. The SMILES string of the molecule is C=CC(=O)N1CCC2(CC1)CC(N=C(C)/C(=C\N)c1cc(OC(CO)c3ccc(F)cn3)c3c(C#N)cnn3c1)C2. The maximum absolute atomic E-state index is 13.4. The minimum Gasteiger partial charge on any atom is -0.479 e. The Balaban J connectivity index is 1.38. The molecule has 3 aromatic heterocycles. The fourth-order valence-corrected chi connectivity index (χ4v) is 5.86. The van der Waals surface area contributed by atoms with Crippen molar-refractivity contribution in [3.05, 3.63) is 78.3 Å². The Kier molecular flexibility index (Phi) is 7.85. The van der Waals surface area contributed by atoms with Crippen molar-refractivity contribution in [2.24, 2.45) is 16.1 Å². The second-order valence-electron chi connectivity index (χ2n) is 10.6. The number of carbonyl (C=O) groups excluding carboxylic acids is 1. The van der Waals surface area contributed by atoms with Gasteiger partial charge in [0.05, 0.1) is 30.7 Å². The van der Waals surface area contributed by atoms with Gasteiger partial charge in [0.15, 0.2) is 6.10 Å². The Morgan fingerprint density at radius 3 is 2.76 bits per heavy atom. The summed E-state index contributed by atoms with van der Waals surface area (Å²) >= 11 is 0. The smallest absolute Gasteiger partial charge is 0.245 e. The molecule has 0 aromatic carbocycles. The molecular formula is C30H32FN7O3. The highest BCUT2D eigenvalue weighted by Crippen LogP contribution is 2.50. The Morgan fingerprint density at radius 1 is 1.39 bits per heavy atom. The Labute approximate surface area is 237 Å². The van der Waals surface area contributed by atoms with E-state index in [9.17, 15) is 19.6 Å². The van der Waals surface area contributed by atoms with Crippen LogP contribution in [-0.2, 0) is 4.79 Å². The number of piperidine rings is 1. The molecule has 0 bridgehead atoms. The third-order valence-electron chi connectivity index (χ3n) is 8.10. The van der Waals surface area contributed by atoms with Gasteiger partial charge >= 0.3 is 0 Å². The first kappa shape index (κ1) is 28.0. The highest BCUT2D eigenvalue weighted by molar-refractivity contribution is 6.22. The third-order valence-corrected chi connectivity index (χ3v) is 8.10. The number of aliphatic hydroxyl groups is 1. The summed E-state index contributed by atoms with van der Waals surface area (Å²) in [5.41, 5.74) is 9.46. The lowest BCUT2D eigenvalue weighted by Crippen LogP contribution is -2.49. The summed E-state index contributed by atoms with van der Waals surface area (Å²) in [5.74, 6) is -0.228. The summed E-state index contributed by atoms with van der Waals surface area (Å²) in [6.45, 7) is 6.56. The first-order chi connectivity index (χ1) is 19.8. The third kappa shape index (κ3) is 5.56. The molecule has 1 saturated carbocycles. The summed E-state index contributed by atoms with van der Waals surface area (Å²) in [7, 11) is 0. The van der Waals surface area contributed by atoms with Gasteiger partial charge in [-0.05, 0) is 62.3 Å². The molecule has 2 aliphatic rings. The predicted molar refractivity (Wildman–Crippen MR) is 151 cm³/mol. The topological polar surface area (TPSA) is 142 Å². The molecule has 2 fully saturated rings. The number of hydrogen-bond donors (Lipinski definition) is 2. The number of likely N-dealkylation sites (tertiary alicyclic amines) is 1. The standard InChI is InChI=1S/C30H32FN7O3/c1-3-28(40)37-8-6-30(7-9-37)11-23(12-30)36-19(2)24(14-33)20-10-26(29-21(13-32)15-35-38(29)17-20)41-27(18-39)25-5-4-22(31)16-34-25/h3-5,10,14-17,23,27,39H,1,6-9,11-12,18,33H2,2H3/b24-14+,36-19?. The number of allylic oxidation sites excluding steroid dienone is 1. The van der Waals surface area contributed by atoms with E-state index in [1.165, 1.54) is 35.1 Å². The molecule has 3 N–H and O–H groups in total. The predicted octanol–water partition coefficient (Wildman–Crippen LogP) is 3.57. The van der Waals surface area contributed by atoms with Crippen molar-refractivity contribution in [1.29, 1.82) is 5.26 Å². The summed E-state index contributed by atoms with van der Waals surface area (Å²) in [4.78, 5) is 22.8. The average Bonchev–Trinajstić information content (AvgIpc) is 3.39. The number of amides is 1. The number of nitriles is 1. The molecule has 41 heavy (non-hydrogen) atoms. The van der Waals surface area contributed by atoms with Crippen molar-refractivity contribution in [2.75, 3.05) is 19.7 Å². The van der Waals surface area contributed by atoms with E-state index in [4.69, 9.17) is 15.5 Å². The normalized spacial score (nSPS) is 18.1. The van der Waals surface area contributed by atoms with Gasteiger partial charge in [0.2, 0.25) is 5.91 Å². The molecular weight excluding hydrogens is 525 g/mol. The molecule has 212 valence electrons. The van der Waals surface area contributed by atoms with Crippen molar-refractivity contribution in [2.45, 2.75) is 44.8 Å². The molecule has 5 rings (SSSR count). The van der Waals surface area contributed by atoms with Crippen LogP contribution in [0.4, 0.5) is 4.39 Å². The molecule has 1 unspecified atom stereocenters. The van der Waals surface area contributed by atoms with Crippen molar-refractivity contribution >= 4 is 22.7 Å². The molecule has 4 heterocycles. The average molecular weight is 558 g/mol. The molecule has 1 aliphatic heterocycles. The van der Waals surface area contributed by atoms with Crippen LogP contribution >= 0.6 is 0 Å². The highest BCUT2D eigenvalue weighted by Gasteiger charge is 2.46. The van der Waals surface area contributed by atoms with Crippen molar-refractivity contribution < 1.29 is 19.0 Å². The quantitative estimate of drug-likeness (QED) is 0.318. The molecule has 0 radical (unpaired) electrons. The van der Waals surface area contributed by atoms with E-state index in [1.54, 1.807) is 12.3 Å². The van der Waals surface area contributed by atoms with Gasteiger partial charge in [0.25, 0.3) is 0 Å². The number of hydrogen-bond acceptors (Lipinski definition) is 8. The molecule has 1 aliphatic carbocycles. The molecule has 11 heteroatoms. The number of pyridine rings is 2. The lowest BCUT2D eigenvalue weighted by molar-refractivity contribution is -0.129. The zero-order chi connectivity index (χ0) is 29.1. The number of carbonyl (C=O) groups is 1. The zero-order valence-corrected chi connectivity index (χ0v) is 22.8. The number of halogens is 1. The Morgan fingerprint density at radius 2 is 2.15 bits per heavy atom. The number of aliphatic imine (C=N–C) groups is 1. The first-order valence-electron chi connectivity index (χ1n) is 13.5. The maximum Gasteiger partial charge on any atom is 0.245 e. The second-order valence-corrected chi connectivity index (χ2v) is 10.6. The van der Waals surface area contributed by atoms with Crippen LogP contribution in [0.2, 0.25) is 0 Å². The van der Waals surface area contributed by atoms with Gasteiger partial charge in [-0.1, -0.05) is 6.58 Å². The van der Waals surface area contributed by atoms with E-state index in [1.807, 2.05) is 11.8 Å². The zero-order valence-electron chi connectivity index (χ0n) is 22.8. The van der Waals surface area contributed by atoms with Gasteiger partial charge in [0, 0.05) is 42.3 Å². The van der Waals surface area contributed by atoms with Crippen LogP contribution in [-0.4, -0.2) is 62.0 Å². The van der Waals surface area contributed by atoms with Crippen molar-refractivity contribution in [1.82, 2.24) is 19.5 Å². The summed E-state index contributed by atoms with van der Waals surface area (Å²) in [6, 6.07) is 6.68. The Bertz CT molecular complexity index is 1560. The monoisotopic (exact) mass is 557 g/mol. The summed E-state index contributed by atoms with van der Waals surface area (Å²) in [5, 5.41) is 24.0. The molecule has 1 atom stereocenters. The van der Waals surface area contributed by atoms with E-state index in [0.717, 1.165) is 50.7 Å². The highest BCUT2D eigenvalue weighted by atomic mass is 19.1. The number of ether oxygens (including phenoxy) is 1. The van der Waals surface area contributed by atoms with Crippen LogP contribution in [0.3, 0.4) is 0 Å². The largest absolute Gasteiger partial charge is 0.479 e. The summed E-state index contributed by atoms with van der Waals surface area (Å²) in [6.07, 6.45) is 10.0. The van der Waals surface area contributed by atoms with Gasteiger partial charge < -0.3 is 20.5 Å². The van der Waals surface area contributed by atoms with Crippen LogP contribution in [0.25, 0.3) is 11.1 Å². The minimum atomic E-state index is -0.907. The molecule has 10 nitrogen and oxygen atoms in total. The summed E-state index contributed by atoms with van der Waals surface area (Å²) < 4.78 is 21.1. The van der Waals surface area contributed by atoms with Crippen LogP contribution < -0.4 is 10.5 Å². The molecule has 1 spiro atoms. The van der Waals surface area contributed by atoms with Crippen molar-refractivity contribution in [3.63, 3.8) is 0 Å². The van der Waals surface area contributed by atoms with Gasteiger partial charge in [-0.2, -0.15) is 10.4 Å². The van der Waals surface area contributed by atoms with Gasteiger partial charge in [-0.25, -0.2) is 8.91 Å². The Hall–Kier alpha value is -4.56. The fourth-order valence-electron chi connectivity index (χ4n) is 5.86. The number of aromatic nitrogens is 3. The van der Waals surface area contributed by atoms with Crippen LogP contribution in [0.5, 0.6) is 5.75 Å². The van der Waals surface area contributed by atoms with Gasteiger partial charge in [0.1, 0.15) is 28.7 Å². The molecule has 3 aromatic rings. The molecule has 1 saturated heterocycles.